The second-order valence-corrected chi connectivity index (χ2v) is 7.14. The van der Waals surface area contributed by atoms with Crippen LogP contribution in [0, 0.1) is 6.92 Å². The molecule has 2 aromatic rings. The molecule has 0 radical (unpaired) electrons. The molecule has 6 nitrogen and oxygen atoms in total. The summed E-state index contributed by atoms with van der Waals surface area (Å²) in [7, 11) is 2.95. The maximum Gasteiger partial charge on any atom is 0.246 e. The minimum Gasteiger partial charge on any atom is -0.502 e. The number of hydrogen-bond acceptors (Lipinski definition) is 5. The van der Waals surface area contributed by atoms with Crippen molar-refractivity contribution in [1.29, 1.82) is 0 Å². The van der Waals surface area contributed by atoms with Gasteiger partial charge in [0.25, 0.3) is 0 Å². The van der Waals surface area contributed by atoms with Gasteiger partial charge in [-0.1, -0.05) is 24.3 Å². The number of piperazine rings is 1. The fraction of sp³-hybridized carbons (Fsp3) is 0.348. The molecule has 29 heavy (non-hydrogen) atoms. The Bertz CT molecular complexity index is 861. The number of nitrogens with zero attached hydrogens (tertiary/aromatic N) is 2. The minimum atomic E-state index is -0.0525. The number of phenolic OH excluding ortho intramolecular Hbond substituents is 1. The molecule has 1 fully saturated rings. The monoisotopic (exact) mass is 396 g/mol. The summed E-state index contributed by atoms with van der Waals surface area (Å²) in [5.74, 6) is 0.539. The number of benzene rings is 2. The van der Waals surface area contributed by atoms with E-state index in [9.17, 15) is 9.90 Å². The van der Waals surface area contributed by atoms with E-state index in [-0.39, 0.29) is 11.7 Å². The van der Waals surface area contributed by atoms with Gasteiger partial charge in [-0.3, -0.25) is 9.69 Å². The Kier molecular flexibility index (Phi) is 6.77. The van der Waals surface area contributed by atoms with Crippen LogP contribution in [0.5, 0.6) is 17.2 Å². The lowest BCUT2D eigenvalue weighted by Gasteiger charge is -2.34. The van der Waals surface area contributed by atoms with Crippen LogP contribution in [0.4, 0.5) is 0 Å². The molecule has 1 aliphatic heterocycles. The first-order valence-electron chi connectivity index (χ1n) is 9.70. The average molecular weight is 396 g/mol. The van der Waals surface area contributed by atoms with Crippen LogP contribution < -0.4 is 9.47 Å². The maximum absolute atomic E-state index is 12.6. The smallest absolute Gasteiger partial charge is 0.246 e. The van der Waals surface area contributed by atoms with Crippen LogP contribution in [0.15, 0.2) is 42.5 Å². The van der Waals surface area contributed by atoms with E-state index < -0.39 is 0 Å². The lowest BCUT2D eigenvalue weighted by molar-refractivity contribution is -0.127. The van der Waals surface area contributed by atoms with Crippen molar-refractivity contribution < 1.29 is 19.4 Å². The summed E-state index contributed by atoms with van der Waals surface area (Å²) < 4.78 is 10.3. The van der Waals surface area contributed by atoms with Crippen molar-refractivity contribution in [2.24, 2.45) is 0 Å². The van der Waals surface area contributed by atoms with E-state index in [1.807, 2.05) is 4.90 Å². The summed E-state index contributed by atoms with van der Waals surface area (Å²) in [5, 5.41) is 9.99. The minimum absolute atomic E-state index is 0.0217. The fourth-order valence-corrected chi connectivity index (χ4v) is 3.44. The molecule has 0 unspecified atom stereocenters. The van der Waals surface area contributed by atoms with Crippen LogP contribution >= 0.6 is 0 Å². The third kappa shape index (κ3) is 5.09. The molecule has 0 aromatic heterocycles. The Morgan fingerprint density at radius 1 is 1.07 bits per heavy atom. The first kappa shape index (κ1) is 20.7. The predicted molar refractivity (Wildman–Crippen MR) is 113 cm³/mol. The van der Waals surface area contributed by atoms with Gasteiger partial charge in [0.15, 0.2) is 11.5 Å². The molecular formula is C23H28N2O4. The molecule has 0 spiro atoms. The van der Waals surface area contributed by atoms with E-state index in [0.717, 1.165) is 25.2 Å². The van der Waals surface area contributed by atoms with Crippen LogP contribution in [0.1, 0.15) is 16.7 Å². The number of aryl methyl sites for hydroxylation is 1. The average Bonchev–Trinajstić information content (AvgIpc) is 2.75. The Balaban J connectivity index is 1.58. The van der Waals surface area contributed by atoms with Crippen LogP contribution in [-0.4, -0.2) is 61.2 Å². The molecule has 1 aliphatic rings. The van der Waals surface area contributed by atoms with Gasteiger partial charge in [0.05, 0.1) is 14.2 Å². The zero-order valence-corrected chi connectivity index (χ0v) is 17.2. The Hall–Kier alpha value is -2.99. The number of ether oxygens (including phenoxy) is 2. The molecule has 0 atom stereocenters. The summed E-state index contributed by atoms with van der Waals surface area (Å²) in [5.41, 5.74) is 3.36. The molecule has 1 amide bonds. The van der Waals surface area contributed by atoms with Gasteiger partial charge in [-0.15, -0.1) is 0 Å². The molecule has 1 heterocycles. The highest BCUT2D eigenvalue weighted by Gasteiger charge is 2.20. The van der Waals surface area contributed by atoms with Crippen molar-refractivity contribution in [3.05, 3.63) is 59.2 Å². The Morgan fingerprint density at radius 2 is 1.69 bits per heavy atom. The number of hydrogen-bond donors (Lipinski definition) is 1. The van der Waals surface area contributed by atoms with Crippen LogP contribution in [0.3, 0.4) is 0 Å². The normalized spacial score (nSPS) is 14.9. The Morgan fingerprint density at radius 3 is 2.28 bits per heavy atom. The SMILES string of the molecule is COc1cc(/C=C\C(=O)N2CCN(Cc3ccccc3C)CC2)cc(OC)c1O. The predicted octanol–water partition coefficient (Wildman–Crippen LogP) is 3.08. The quantitative estimate of drug-likeness (QED) is 0.761. The number of rotatable bonds is 6. The number of carbonyl (C=O) groups excluding carboxylic acids is 1. The van der Waals surface area contributed by atoms with Crippen molar-refractivity contribution >= 4 is 12.0 Å². The van der Waals surface area contributed by atoms with Crippen molar-refractivity contribution in [2.75, 3.05) is 40.4 Å². The topological polar surface area (TPSA) is 62.2 Å². The molecule has 154 valence electrons. The van der Waals surface area contributed by atoms with Gasteiger partial charge in [-0.25, -0.2) is 0 Å². The van der Waals surface area contributed by atoms with Gasteiger partial charge >= 0.3 is 0 Å². The highest BCUT2D eigenvalue weighted by molar-refractivity contribution is 5.92. The standard InChI is InChI=1S/C23H28N2O4/c1-17-6-4-5-7-19(17)16-24-10-12-25(13-11-24)22(26)9-8-18-14-20(28-2)23(27)21(15-18)29-3/h4-9,14-15,27H,10-13,16H2,1-3H3/b9-8-. The van der Waals surface area contributed by atoms with Gasteiger partial charge in [0, 0.05) is 38.8 Å². The molecule has 1 N–H and O–H groups in total. The lowest BCUT2D eigenvalue weighted by Crippen LogP contribution is -2.47. The molecule has 1 saturated heterocycles. The zero-order chi connectivity index (χ0) is 20.8. The van der Waals surface area contributed by atoms with E-state index in [2.05, 4.69) is 36.1 Å². The van der Waals surface area contributed by atoms with E-state index >= 15 is 0 Å². The maximum atomic E-state index is 12.6. The van der Waals surface area contributed by atoms with Gasteiger partial charge in [0.2, 0.25) is 11.7 Å². The van der Waals surface area contributed by atoms with Crippen molar-refractivity contribution in [3.63, 3.8) is 0 Å². The lowest BCUT2D eigenvalue weighted by atomic mass is 10.1. The number of methoxy groups -OCH3 is 2. The van der Waals surface area contributed by atoms with E-state index in [4.69, 9.17) is 9.47 Å². The number of aromatic hydroxyl groups is 1. The van der Waals surface area contributed by atoms with E-state index in [0.29, 0.717) is 24.6 Å². The van der Waals surface area contributed by atoms with Gasteiger partial charge in [-0.05, 0) is 41.8 Å². The molecule has 0 saturated carbocycles. The first-order chi connectivity index (χ1) is 14.0. The van der Waals surface area contributed by atoms with Crippen molar-refractivity contribution in [1.82, 2.24) is 9.80 Å². The molecule has 0 aliphatic carbocycles. The molecule has 0 bridgehead atoms. The van der Waals surface area contributed by atoms with E-state index in [1.54, 1.807) is 24.3 Å². The van der Waals surface area contributed by atoms with Crippen molar-refractivity contribution in [2.45, 2.75) is 13.5 Å². The van der Waals surface area contributed by atoms with Crippen LogP contribution in [0.2, 0.25) is 0 Å². The van der Waals surface area contributed by atoms with Gasteiger partial charge < -0.3 is 19.5 Å². The highest BCUT2D eigenvalue weighted by Crippen LogP contribution is 2.37. The zero-order valence-electron chi connectivity index (χ0n) is 17.2. The third-order valence-electron chi connectivity index (χ3n) is 5.26. The molecule has 3 rings (SSSR count). The second kappa shape index (κ2) is 9.47. The third-order valence-corrected chi connectivity index (χ3v) is 5.26. The second-order valence-electron chi connectivity index (χ2n) is 7.14. The number of amides is 1. The largest absolute Gasteiger partial charge is 0.502 e. The summed E-state index contributed by atoms with van der Waals surface area (Å²) in [6, 6.07) is 11.8. The van der Waals surface area contributed by atoms with Gasteiger partial charge in [0.1, 0.15) is 0 Å². The van der Waals surface area contributed by atoms with Crippen LogP contribution in [-0.2, 0) is 11.3 Å². The molecule has 6 heteroatoms. The number of phenols is 1. The first-order valence-corrected chi connectivity index (χ1v) is 9.70. The summed E-state index contributed by atoms with van der Waals surface area (Å²) >= 11 is 0. The summed E-state index contributed by atoms with van der Waals surface area (Å²) in [6.45, 7) is 6.17. The highest BCUT2D eigenvalue weighted by atomic mass is 16.5. The fourth-order valence-electron chi connectivity index (χ4n) is 3.44. The van der Waals surface area contributed by atoms with Crippen LogP contribution in [0.25, 0.3) is 6.08 Å². The van der Waals surface area contributed by atoms with Crippen molar-refractivity contribution in [3.8, 4) is 17.2 Å². The molecular weight excluding hydrogens is 368 g/mol. The summed E-state index contributed by atoms with van der Waals surface area (Å²) in [6.07, 6.45) is 3.27. The van der Waals surface area contributed by atoms with E-state index in [1.165, 1.54) is 25.3 Å². The summed E-state index contributed by atoms with van der Waals surface area (Å²) in [4.78, 5) is 16.8. The van der Waals surface area contributed by atoms with Gasteiger partial charge in [-0.2, -0.15) is 0 Å². The molecule has 2 aromatic carbocycles. The Labute approximate surface area is 172 Å². The number of carbonyl (C=O) groups is 1.